The van der Waals surface area contributed by atoms with Crippen molar-refractivity contribution in [2.75, 3.05) is 19.6 Å². The number of piperazine rings is 1. The maximum atomic E-state index is 3.76. The highest BCUT2D eigenvalue weighted by molar-refractivity contribution is 4.99. The third-order valence-corrected chi connectivity index (χ3v) is 5.76. The summed E-state index contributed by atoms with van der Waals surface area (Å²) in [5.74, 6) is 0. The molecule has 124 valence electrons. The predicted molar refractivity (Wildman–Crippen MR) is 92.8 cm³/mol. The smallest absolute Gasteiger partial charge is 0.0334 e. The van der Waals surface area contributed by atoms with Crippen molar-refractivity contribution < 1.29 is 0 Å². The first-order valence-corrected chi connectivity index (χ1v) is 9.75. The van der Waals surface area contributed by atoms with Gasteiger partial charge in [-0.1, -0.05) is 64.7 Å². The molecule has 1 aliphatic heterocycles. The molecule has 0 aromatic heterocycles. The van der Waals surface area contributed by atoms with E-state index in [0.717, 1.165) is 0 Å². The number of nitrogens with one attached hydrogen (secondary N) is 1. The number of hydrogen-bond donors (Lipinski definition) is 1. The van der Waals surface area contributed by atoms with Crippen LogP contribution in [-0.2, 0) is 0 Å². The van der Waals surface area contributed by atoms with E-state index in [0.29, 0.717) is 11.6 Å². The Balaban J connectivity index is 1.70. The average Bonchev–Trinajstić information content (AvgIpc) is 2.51. The van der Waals surface area contributed by atoms with Gasteiger partial charge in [-0.3, -0.25) is 4.90 Å². The van der Waals surface area contributed by atoms with Gasteiger partial charge in [0.25, 0.3) is 0 Å². The number of rotatable bonds is 8. The van der Waals surface area contributed by atoms with E-state index in [2.05, 4.69) is 24.1 Å². The summed E-state index contributed by atoms with van der Waals surface area (Å²) in [7, 11) is 0. The molecule has 0 aromatic carbocycles. The molecule has 2 aliphatic rings. The van der Waals surface area contributed by atoms with Gasteiger partial charge in [-0.25, -0.2) is 0 Å². The van der Waals surface area contributed by atoms with E-state index >= 15 is 0 Å². The second-order valence-electron chi connectivity index (χ2n) is 7.63. The van der Waals surface area contributed by atoms with Gasteiger partial charge in [-0.15, -0.1) is 0 Å². The molecule has 1 saturated heterocycles. The first-order chi connectivity index (χ1) is 10.3. The molecule has 1 saturated carbocycles. The van der Waals surface area contributed by atoms with E-state index in [1.54, 1.807) is 0 Å². The summed E-state index contributed by atoms with van der Waals surface area (Å²) < 4.78 is 0. The van der Waals surface area contributed by atoms with Crippen LogP contribution in [-0.4, -0.2) is 36.1 Å². The van der Waals surface area contributed by atoms with E-state index in [9.17, 15) is 0 Å². The lowest BCUT2D eigenvalue weighted by Crippen LogP contribution is -2.64. The van der Waals surface area contributed by atoms with Crippen LogP contribution in [0, 0.1) is 0 Å². The van der Waals surface area contributed by atoms with Crippen molar-refractivity contribution in [1.29, 1.82) is 0 Å². The first-order valence-electron chi connectivity index (χ1n) is 9.75. The SMILES string of the molecule is CCCCCCCCCN1CC(C)NCC12CCCCC2. The third kappa shape index (κ3) is 5.25. The summed E-state index contributed by atoms with van der Waals surface area (Å²) >= 11 is 0. The second-order valence-corrected chi connectivity index (χ2v) is 7.63. The van der Waals surface area contributed by atoms with Gasteiger partial charge >= 0.3 is 0 Å². The second kappa shape index (κ2) is 9.15. The first kappa shape index (κ1) is 17.3. The van der Waals surface area contributed by atoms with E-state index in [1.165, 1.54) is 96.7 Å². The summed E-state index contributed by atoms with van der Waals surface area (Å²) in [5, 5.41) is 3.76. The van der Waals surface area contributed by atoms with E-state index in [1.807, 2.05) is 0 Å². The molecule has 1 atom stereocenters. The summed E-state index contributed by atoms with van der Waals surface area (Å²) in [6.45, 7) is 8.52. The summed E-state index contributed by atoms with van der Waals surface area (Å²) in [6.07, 6.45) is 17.2. The maximum absolute atomic E-state index is 3.76. The number of hydrogen-bond acceptors (Lipinski definition) is 2. The standard InChI is InChI=1S/C19H38N2/c1-3-4-5-6-7-8-12-15-21-16-18(2)20-17-19(21)13-10-9-11-14-19/h18,20H,3-17H2,1-2H3. The molecule has 0 amide bonds. The molecule has 2 heteroatoms. The van der Waals surface area contributed by atoms with Gasteiger partial charge in [0.15, 0.2) is 0 Å². The normalized spacial score (nSPS) is 26.3. The van der Waals surface area contributed by atoms with Gasteiger partial charge in [-0.2, -0.15) is 0 Å². The van der Waals surface area contributed by atoms with Gasteiger partial charge in [-0.05, 0) is 32.7 Å². The van der Waals surface area contributed by atoms with Crippen LogP contribution >= 0.6 is 0 Å². The zero-order chi connectivity index (χ0) is 15.0. The zero-order valence-electron chi connectivity index (χ0n) is 14.6. The third-order valence-electron chi connectivity index (χ3n) is 5.76. The highest BCUT2D eigenvalue weighted by Crippen LogP contribution is 2.35. The van der Waals surface area contributed by atoms with Gasteiger partial charge in [0, 0.05) is 24.7 Å². The van der Waals surface area contributed by atoms with Crippen molar-refractivity contribution >= 4 is 0 Å². The van der Waals surface area contributed by atoms with Crippen molar-refractivity contribution in [3.63, 3.8) is 0 Å². The molecule has 0 aromatic rings. The Morgan fingerprint density at radius 1 is 0.952 bits per heavy atom. The Hall–Kier alpha value is -0.0800. The van der Waals surface area contributed by atoms with Gasteiger partial charge in [0.2, 0.25) is 0 Å². The van der Waals surface area contributed by atoms with Gasteiger partial charge in [0.05, 0.1) is 0 Å². The molecular formula is C19H38N2. The molecule has 21 heavy (non-hydrogen) atoms. The van der Waals surface area contributed by atoms with E-state index in [-0.39, 0.29) is 0 Å². The van der Waals surface area contributed by atoms with Crippen LogP contribution in [0.5, 0.6) is 0 Å². The quantitative estimate of drug-likeness (QED) is 0.651. The molecule has 1 N–H and O–H groups in total. The minimum Gasteiger partial charge on any atom is -0.311 e. The molecule has 2 fully saturated rings. The highest BCUT2D eigenvalue weighted by atomic mass is 15.3. The minimum absolute atomic E-state index is 0.521. The molecule has 2 nitrogen and oxygen atoms in total. The summed E-state index contributed by atoms with van der Waals surface area (Å²) in [6, 6.07) is 0.683. The fraction of sp³-hybridized carbons (Fsp3) is 1.00. The number of unbranched alkanes of at least 4 members (excludes halogenated alkanes) is 6. The van der Waals surface area contributed by atoms with Crippen molar-refractivity contribution in [2.24, 2.45) is 0 Å². The van der Waals surface area contributed by atoms with Crippen molar-refractivity contribution in [3.05, 3.63) is 0 Å². The molecule has 1 aliphatic carbocycles. The Morgan fingerprint density at radius 2 is 1.62 bits per heavy atom. The van der Waals surface area contributed by atoms with Crippen LogP contribution in [0.4, 0.5) is 0 Å². The van der Waals surface area contributed by atoms with Crippen LogP contribution < -0.4 is 5.32 Å². The van der Waals surface area contributed by atoms with E-state index in [4.69, 9.17) is 0 Å². The van der Waals surface area contributed by atoms with Crippen LogP contribution in [0.2, 0.25) is 0 Å². The van der Waals surface area contributed by atoms with Gasteiger partial charge < -0.3 is 5.32 Å². The lowest BCUT2D eigenvalue weighted by Gasteiger charge is -2.52. The Morgan fingerprint density at radius 3 is 2.33 bits per heavy atom. The topological polar surface area (TPSA) is 15.3 Å². The zero-order valence-corrected chi connectivity index (χ0v) is 14.6. The minimum atomic E-state index is 0.521. The Kier molecular flexibility index (Phi) is 7.53. The fourth-order valence-electron chi connectivity index (χ4n) is 4.36. The van der Waals surface area contributed by atoms with Crippen molar-refractivity contribution in [3.8, 4) is 0 Å². The molecular weight excluding hydrogens is 256 g/mol. The fourth-order valence-corrected chi connectivity index (χ4v) is 4.36. The van der Waals surface area contributed by atoms with Crippen LogP contribution in [0.3, 0.4) is 0 Å². The monoisotopic (exact) mass is 294 g/mol. The molecule has 1 spiro atoms. The molecule has 0 bridgehead atoms. The lowest BCUT2D eigenvalue weighted by molar-refractivity contribution is 0.0116. The summed E-state index contributed by atoms with van der Waals surface area (Å²) in [4.78, 5) is 2.87. The van der Waals surface area contributed by atoms with E-state index < -0.39 is 0 Å². The van der Waals surface area contributed by atoms with Gasteiger partial charge in [0.1, 0.15) is 0 Å². The highest BCUT2D eigenvalue weighted by Gasteiger charge is 2.40. The molecule has 0 radical (unpaired) electrons. The van der Waals surface area contributed by atoms with Crippen LogP contribution in [0.15, 0.2) is 0 Å². The predicted octanol–water partition coefficient (Wildman–Crippen LogP) is 4.73. The Labute approximate surface area is 133 Å². The lowest BCUT2D eigenvalue weighted by atomic mass is 9.78. The van der Waals surface area contributed by atoms with Crippen molar-refractivity contribution in [1.82, 2.24) is 10.2 Å². The molecule has 1 unspecified atom stereocenters. The van der Waals surface area contributed by atoms with Crippen molar-refractivity contribution in [2.45, 2.75) is 102 Å². The molecule has 1 heterocycles. The largest absolute Gasteiger partial charge is 0.311 e. The number of nitrogens with zero attached hydrogens (tertiary/aromatic N) is 1. The summed E-state index contributed by atoms with van der Waals surface area (Å²) in [5.41, 5.74) is 0.521. The Bertz CT molecular complexity index is 271. The van der Waals surface area contributed by atoms with Crippen LogP contribution in [0.25, 0.3) is 0 Å². The average molecular weight is 295 g/mol. The molecule has 2 rings (SSSR count). The van der Waals surface area contributed by atoms with Crippen LogP contribution in [0.1, 0.15) is 90.9 Å². The maximum Gasteiger partial charge on any atom is 0.0334 e.